The average molecular weight is 240 g/mol. The normalized spacial score (nSPS) is 19.9. The SMILES string of the molecule is Clc1ccc(NCCCC2CCCO2)cc1. The number of nitrogens with one attached hydrogen (secondary N) is 1. The highest BCUT2D eigenvalue weighted by molar-refractivity contribution is 6.30. The molecule has 2 nitrogen and oxygen atoms in total. The summed E-state index contributed by atoms with van der Waals surface area (Å²) in [5, 5.41) is 4.16. The zero-order valence-corrected chi connectivity index (χ0v) is 10.2. The van der Waals surface area contributed by atoms with Crippen LogP contribution in [0.25, 0.3) is 0 Å². The molecule has 1 N–H and O–H groups in total. The van der Waals surface area contributed by atoms with Crippen LogP contribution in [0, 0.1) is 0 Å². The van der Waals surface area contributed by atoms with E-state index in [0.717, 1.165) is 30.3 Å². The monoisotopic (exact) mass is 239 g/mol. The third-order valence-corrected chi connectivity index (χ3v) is 3.15. The molecule has 0 saturated carbocycles. The highest BCUT2D eigenvalue weighted by atomic mass is 35.5. The Morgan fingerprint density at radius 1 is 1.31 bits per heavy atom. The molecule has 16 heavy (non-hydrogen) atoms. The maximum Gasteiger partial charge on any atom is 0.0576 e. The topological polar surface area (TPSA) is 21.3 Å². The van der Waals surface area contributed by atoms with Crippen LogP contribution in [0.3, 0.4) is 0 Å². The summed E-state index contributed by atoms with van der Waals surface area (Å²) in [4.78, 5) is 0. The van der Waals surface area contributed by atoms with Crippen LogP contribution in [0.4, 0.5) is 5.69 Å². The molecular weight excluding hydrogens is 222 g/mol. The van der Waals surface area contributed by atoms with Crippen molar-refractivity contribution >= 4 is 17.3 Å². The minimum atomic E-state index is 0.506. The summed E-state index contributed by atoms with van der Waals surface area (Å²) in [6.07, 6.45) is 5.30. The van der Waals surface area contributed by atoms with Crippen molar-refractivity contribution in [1.82, 2.24) is 0 Å². The lowest BCUT2D eigenvalue weighted by Gasteiger charge is -2.10. The van der Waals surface area contributed by atoms with E-state index in [1.165, 1.54) is 19.3 Å². The summed E-state index contributed by atoms with van der Waals surface area (Å²) in [7, 11) is 0. The molecule has 0 spiro atoms. The van der Waals surface area contributed by atoms with Gasteiger partial charge in [-0.25, -0.2) is 0 Å². The van der Waals surface area contributed by atoms with Crippen molar-refractivity contribution in [2.45, 2.75) is 31.8 Å². The lowest BCUT2D eigenvalue weighted by Crippen LogP contribution is -2.08. The minimum Gasteiger partial charge on any atom is -0.385 e. The van der Waals surface area contributed by atoms with Gasteiger partial charge in [-0.3, -0.25) is 0 Å². The number of hydrogen-bond donors (Lipinski definition) is 1. The van der Waals surface area contributed by atoms with Crippen LogP contribution in [0.2, 0.25) is 5.02 Å². The quantitative estimate of drug-likeness (QED) is 0.791. The first-order valence-corrected chi connectivity index (χ1v) is 6.33. The van der Waals surface area contributed by atoms with E-state index in [-0.39, 0.29) is 0 Å². The second kappa shape index (κ2) is 6.12. The molecule has 0 radical (unpaired) electrons. The van der Waals surface area contributed by atoms with Crippen molar-refractivity contribution in [1.29, 1.82) is 0 Å². The van der Waals surface area contributed by atoms with Crippen molar-refractivity contribution in [3.05, 3.63) is 29.3 Å². The fourth-order valence-electron chi connectivity index (χ4n) is 2.00. The van der Waals surface area contributed by atoms with E-state index in [1.54, 1.807) is 0 Å². The average Bonchev–Trinajstić information content (AvgIpc) is 2.80. The van der Waals surface area contributed by atoms with Crippen LogP contribution in [0.15, 0.2) is 24.3 Å². The van der Waals surface area contributed by atoms with E-state index < -0.39 is 0 Å². The van der Waals surface area contributed by atoms with Gasteiger partial charge in [-0.2, -0.15) is 0 Å². The predicted octanol–water partition coefficient (Wildman–Crippen LogP) is 3.71. The van der Waals surface area contributed by atoms with Crippen molar-refractivity contribution < 1.29 is 4.74 Å². The fourth-order valence-corrected chi connectivity index (χ4v) is 2.13. The van der Waals surface area contributed by atoms with E-state index in [1.807, 2.05) is 24.3 Å². The lowest BCUT2D eigenvalue weighted by atomic mass is 10.1. The van der Waals surface area contributed by atoms with Crippen LogP contribution < -0.4 is 5.32 Å². The second-order valence-corrected chi connectivity index (χ2v) is 4.65. The molecule has 0 aliphatic carbocycles. The first-order chi connectivity index (χ1) is 7.84. The molecular formula is C13H18ClNO. The third kappa shape index (κ3) is 3.69. The first-order valence-electron chi connectivity index (χ1n) is 5.95. The molecule has 1 saturated heterocycles. The van der Waals surface area contributed by atoms with Gasteiger partial charge < -0.3 is 10.1 Å². The van der Waals surface area contributed by atoms with Crippen LogP contribution in [-0.4, -0.2) is 19.3 Å². The Labute approximate surface area is 102 Å². The summed E-state index contributed by atoms with van der Waals surface area (Å²) in [5.74, 6) is 0. The molecule has 1 aromatic carbocycles. The Hall–Kier alpha value is -0.730. The Balaban J connectivity index is 1.62. The molecule has 2 rings (SSSR count). The van der Waals surface area contributed by atoms with Gasteiger partial charge in [0.05, 0.1) is 6.10 Å². The molecule has 1 aliphatic heterocycles. The zero-order valence-electron chi connectivity index (χ0n) is 9.42. The first kappa shape index (κ1) is 11.7. The molecule has 1 aromatic rings. The number of ether oxygens (including phenoxy) is 1. The van der Waals surface area contributed by atoms with Gasteiger partial charge in [0.1, 0.15) is 0 Å². The standard InChI is InChI=1S/C13H18ClNO/c14-11-5-7-12(8-6-11)15-9-1-3-13-4-2-10-16-13/h5-8,13,15H,1-4,9-10H2. The molecule has 3 heteroatoms. The van der Waals surface area contributed by atoms with E-state index >= 15 is 0 Å². The Morgan fingerprint density at radius 2 is 2.12 bits per heavy atom. The van der Waals surface area contributed by atoms with Gasteiger partial charge in [0.15, 0.2) is 0 Å². The van der Waals surface area contributed by atoms with Gasteiger partial charge in [-0.05, 0) is 49.9 Å². The maximum atomic E-state index is 5.81. The number of halogens is 1. The van der Waals surface area contributed by atoms with Crippen LogP contribution in [0.1, 0.15) is 25.7 Å². The Bertz CT molecular complexity index is 306. The van der Waals surface area contributed by atoms with Gasteiger partial charge in [0, 0.05) is 23.9 Å². The maximum absolute atomic E-state index is 5.81. The van der Waals surface area contributed by atoms with Gasteiger partial charge >= 0.3 is 0 Å². The molecule has 1 heterocycles. The molecule has 0 aromatic heterocycles. The molecule has 0 bridgehead atoms. The lowest BCUT2D eigenvalue weighted by molar-refractivity contribution is 0.103. The molecule has 1 aliphatic rings. The summed E-state index contributed by atoms with van der Waals surface area (Å²) in [6.45, 7) is 1.96. The molecule has 1 fully saturated rings. The molecule has 0 amide bonds. The fraction of sp³-hybridized carbons (Fsp3) is 0.538. The van der Waals surface area contributed by atoms with E-state index in [9.17, 15) is 0 Å². The Morgan fingerprint density at radius 3 is 2.81 bits per heavy atom. The van der Waals surface area contributed by atoms with Crippen LogP contribution in [0.5, 0.6) is 0 Å². The summed E-state index contributed by atoms with van der Waals surface area (Å²) < 4.78 is 5.58. The van der Waals surface area contributed by atoms with E-state index in [0.29, 0.717) is 6.10 Å². The highest BCUT2D eigenvalue weighted by Crippen LogP contribution is 2.17. The second-order valence-electron chi connectivity index (χ2n) is 4.21. The van der Waals surface area contributed by atoms with Gasteiger partial charge in [0.2, 0.25) is 0 Å². The van der Waals surface area contributed by atoms with Crippen molar-refractivity contribution in [2.24, 2.45) is 0 Å². The third-order valence-electron chi connectivity index (χ3n) is 2.90. The summed E-state index contributed by atoms with van der Waals surface area (Å²) in [6, 6.07) is 7.83. The molecule has 1 atom stereocenters. The largest absolute Gasteiger partial charge is 0.385 e. The van der Waals surface area contributed by atoms with Gasteiger partial charge in [0.25, 0.3) is 0 Å². The van der Waals surface area contributed by atoms with Crippen LogP contribution in [-0.2, 0) is 4.74 Å². The number of hydrogen-bond acceptors (Lipinski definition) is 2. The minimum absolute atomic E-state index is 0.506. The zero-order chi connectivity index (χ0) is 11.2. The number of anilines is 1. The van der Waals surface area contributed by atoms with Gasteiger partial charge in [-0.15, -0.1) is 0 Å². The van der Waals surface area contributed by atoms with Gasteiger partial charge in [-0.1, -0.05) is 11.6 Å². The summed E-state index contributed by atoms with van der Waals surface area (Å²) >= 11 is 5.81. The van der Waals surface area contributed by atoms with E-state index in [2.05, 4.69) is 5.32 Å². The number of rotatable bonds is 5. The Kier molecular flexibility index (Phi) is 4.49. The van der Waals surface area contributed by atoms with Crippen molar-refractivity contribution in [3.8, 4) is 0 Å². The van der Waals surface area contributed by atoms with Crippen molar-refractivity contribution in [3.63, 3.8) is 0 Å². The smallest absolute Gasteiger partial charge is 0.0576 e. The molecule has 1 unspecified atom stereocenters. The van der Waals surface area contributed by atoms with Crippen LogP contribution >= 0.6 is 11.6 Å². The predicted molar refractivity (Wildman–Crippen MR) is 68.1 cm³/mol. The molecule has 88 valence electrons. The highest BCUT2D eigenvalue weighted by Gasteiger charge is 2.14. The van der Waals surface area contributed by atoms with E-state index in [4.69, 9.17) is 16.3 Å². The number of benzene rings is 1. The van der Waals surface area contributed by atoms with Crippen molar-refractivity contribution in [2.75, 3.05) is 18.5 Å². The summed E-state index contributed by atoms with van der Waals surface area (Å²) in [5.41, 5.74) is 1.14.